The number of hydrogen-bond donors (Lipinski definition) is 1. The summed E-state index contributed by atoms with van der Waals surface area (Å²) in [6, 6.07) is 18.1. The summed E-state index contributed by atoms with van der Waals surface area (Å²) < 4.78 is 33.9. The first kappa shape index (κ1) is 31.3. The Balaban J connectivity index is 2.09. The maximum absolute atomic E-state index is 14.1. The molecule has 0 saturated heterocycles. The van der Waals surface area contributed by atoms with E-state index in [4.69, 9.17) is 27.9 Å². The highest BCUT2D eigenvalue weighted by atomic mass is 35.5. The Kier molecular flexibility index (Phi) is 10.8. The summed E-state index contributed by atoms with van der Waals surface area (Å²) in [7, 11) is -2.67. The van der Waals surface area contributed by atoms with Gasteiger partial charge in [0.1, 0.15) is 18.3 Å². The van der Waals surface area contributed by atoms with E-state index < -0.39 is 28.5 Å². The van der Waals surface area contributed by atoms with E-state index in [0.29, 0.717) is 21.4 Å². The molecule has 214 valence electrons. The summed E-state index contributed by atoms with van der Waals surface area (Å²) >= 11 is 12.9. The van der Waals surface area contributed by atoms with E-state index in [-0.39, 0.29) is 35.5 Å². The fourth-order valence-electron chi connectivity index (χ4n) is 4.15. The summed E-state index contributed by atoms with van der Waals surface area (Å²) in [4.78, 5) is 28.6. The zero-order valence-corrected chi connectivity index (χ0v) is 25.1. The second-order valence-corrected chi connectivity index (χ2v) is 12.0. The highest BCUT2D eigenvalue weighted by Gasteiger charge is 2.34. The van der Waals surface area contributed by atoms with Crippen molar-refractivity contribution >= 4 is 50.7 Å². The van der Waals surface area contributed by atoms with Crippen LogP contribution in [0.5, 0.6) is 5.75 Å². The fourth-order valence-corrected chi connectivity index (χ4v) is 6.10. The third kappa shape index (κ3) is 7.47. The third-order valence-corrected chi connectivity index (χ3v) is 8.67. The molecule has 0 radical (unpaired) electrons. The summed E-state index contributed by atoms with van der Waals surface area (Å²) in [6.45, 7) is 4.75. The van der Waals surface area contributed by atoms with Crippen LogP contribution in [-0.2, 0) is 26.2 Å². The minimum Gasteiger partial charge on any atom is -0.497 e. The Morgan fingerprint density at radius 3 is 2.05 bits per heavy atom. The van der Waals surface area contributed by atoms with Crippen molar-refractivity contribution < 1.29 is 22.7 Å². The molecular formula is C29H33Cl2N3O5S. The number of sulfonamides is 1. The van der Waals surface area contributed by atoms with Crippen LogP contribution in [0.25, 0.3) is 0 Å². The highest BCUT2D eigenvalue weighted by molar-refractivity contribution is 7.92. The molecule has 0 saturated carbocycles. The molecule has 0 aliphatic carbocycles. The van der Waals surface area contributed by atoms with Gasteiger partial charge in [-0.15, -0.1) is 0 Å². The maximum atomic E-state index is 14.1. The van der Waals surface area contributed by atoms with Crippen molar-refractivity contribution in [2.75, 3.05) is 18.0 Å². The first-order chi connectivity index (χ1) is 19.0. The second-order valence-electron chi connectivity index (χ2n) is 9.33. The standard InChI is InChI=1S/C29H33Cl2N3O5S/c1-5-27(29(36)32-20(2)3)33(18-24-25(30)12-9-13-26(24)31)28(35)19-34(21-14-16-22(39-4)17-15-21)40(37,38)23-10-7-6-8-11-23/h6-17,20,27H,5,18-19H2,1-4H3,(H,32,36)/t27-/m0/s1. The Morgan fingerprint density at radius 1 is 0.925 bits per heavy atom. The normalized spacial score (nSPS) is 12.1. The Morgan fingerprint density at radius 2 is 1.52 bits per heavy atom. The number of hydrogen-bond acceptors (Lipinski definition) is 5. The van der Waals surface area contributed by atoms with Crippen molar-refractivity contribution in [3.63, 3.8) is 0 Å². The smallest absolute Gasteiger partial charge is 0.264 e. The van der Waals surface area contributed by atoms with Crippen molar-refractivity contribution in [1.82, 2.24) is 10.2 Å². The predicted molar refractivity (Wildman–Crippen MR) is 158 cm³/mol. The number of nitrogens with zero attached hydrogens (tertiary/aromatic N) is 2. The lowest BCUT2D eigenvalue weighted by atomic mass is 10.1. The molecule has 0 heterocycles. The van der Waals surface area contributed by atoms with Crippen LogP contribution < -0.4 is 14.4 Å². The lowest BCUT2D eigenvalue weighted by Crippen LogP contribution is -2.53. The molecule has 0 spiro atoms. The van der Waals surface area contributed by atoms with E-state index in [1.807, 2.05) is 13.8 Å². The third-order valence-electron chi connectivity index (χ3n) is 6.18. The molecule has 1 atom stereocenters. The van der Waals surface area contributed by atoms with Crippen LogP contribution in [0.4, 0.5) is 5.69 Å². The van der Waals surface area contributed by atoms with Gasteiger partial charge in [0, 0.05) is 28.2 Å². The summed E-state index contributed by atoms with van der Waals surface area (Å²) in [5, 5.41) is 3.51. The largest absolute Gasteiger partial charge is 0.497 e. The van der Waals surface area contributed by atoms with Crippen LogP contribution >= 0.6 is 23.2 Å². The predicted octanol–water partition coefficient (Wildman–Crippen LogP) is 5.53. The van der Waals surface area contributed by atoms with E-state index in [1.54, 1.807) is 67.6 Å². The van der Waals surface area contributed by atoms with Crippen LogP contribution in [0.15, 0.2) is 77.7 Å². The van der Waals surface area contributed by atoms with Crippen molar-refractivity contribution in [3.8, 4) is 5.75 Å². The van der Waals surface area contributed by atoms with Crippen molar-refractivity contribution in [2.24, 2.45) is 0 Å². The zero-order valence-electron chi connectivity index (χ0n) is 22.8. The van der Waals surface area contributed by atoms with Crippen LogP contribution in [-0.4, -0.2) is 50.9 Å². The summed E-state index contributed by atoms with van der Waals surface area (Å²) in [5.41, 5.74) is 0.713. The number of carbonyl (C=O) groups is 2. The average molecular weight is 607 g/mol. The molecule has 8 nitrogen and oxygen atoms in total. The molecule has 1 N–H and O–H groups in total. The molecule has 40 heavy (non-hydrogen) atoms. The second kappa shape index (κ2) is 13.9. The van der Waals surface area contributed by atoms with E-state index >= 15 is 0 Å². The zero-order chi connectivity index (χ0) is 29.4. The van der Waals surface area contributed by atoms with Crippen molar-refractivity contribution in [3.05, 3.63) is 88.4 Å². The molecule has 2 amide bonds. The molecule has 0 fully saturated rings. The number of anilines is 1. The van der Waals surface area contributed by atoms with E-state index in [1.165, 1.54) is 24.1 Å². The van der Waals surface area contributed by atoms with Gasteiger partial charge in [-0.2, -0.15) is 0 Å². The number of methoxy groups -OCH3 is 1. The molecule has 3 aromatic rings. The van der Waals surface area contributed by atoms with E-state index in [2.05, 4.69) is 5.32 Å². The summed E-state index contributed by atoms with van der Waals surface area (Å²) in [6.07, 6.45) is 0.278. The van der Waals surface area contributed by atoms with Crippen molar-refractivity contribution in [1.29, 1.82) is 0 Å². The average Bonchev–Trinajstić information content (AvgIpc) is 2.93. The van der Waals surface area contributed by atoms with E-state index in [9.17, 15) is 18.0 Å². The molecule has 3 rings (SSSR count). The lowest BCUT2D eigenvalue weighted by molar-refractivity contribution is -0.140. The van der Waals surface area contributed by atoms with Gasteiger partial charge in [0.25, 0.3) is 10.0 Å². The van der Waals surface area contributed by atoms with Gasteiger partial charge in [-0.1, -0.05) is 54.4 Å². The molecule has 0 unspecified atom stereocenters. The number of carbonyl (C=O) groups excluding carboxylic acids is 2. The van der Waals surface area contributed by atoms with Gasteiger partial charge in [0.15, 0.2) is 0 Å². The van der Waals surface area contributed by atoms with Crippen LogP contribution in [0.1, 0.15) is 32.8 Å². The minimum atomic E-state index is -4.17. The van der Waals surface area contributed by atoms with Gasteiger partial charge in [0.2, 0.25) is 11.8 Å². The van der Waals surface area contributed by atoms with E-state index in [0.717, 1.165) is 4.31 Å². The van der Waals surface area contributed by atoms with Gasteiger partial charge >= 0.3 is 0 Å². The molecule has 0 aliphatic rings. The monoisotopic (exact) mass is 605 g/mol. The number of halogens is 2. The SMILES string of the molecule is CC[C@@H](C(=O)NC(C)C)N(Cc1c(Cl)cccc1Cl)C(=O)CN(c1ccc(OC)cc1)S(=O)(=O)c1ccccc1. The first-order valence-electron chi connectivity index (χ1n) is 12.7. The molecule has 3 aromatic carbocycles. The van der Waals surface area contributed by atoms with Gasteiger partial charge in [-0.3, -0.25) is 13.9 Å². The first-order valence-corrected chi connectivity index (χ1v) is 14.9. The highest BCUT2D eigenvalue weighted by Crippen LogP contribution is 2.29. The van der Waals surface area contributed by atoms with Crippen LogP contribution in [0.3, 0.4) is 0 Å². The number of rotatable bonds is 12. The Labute approximate surface area is 245 Å². The topological polar surface area (TPSA) is 96.0 Å². The quantitative estimate of drug-likeness (QED) is 0.293. The minimum absolute atomic E-state index is 0.0175. The van der Waals surface area contributed by atoms with Crippen LogP contribution in [0.2, 0.25) is 10.0 Å². The van der Waals surface area contributed by atoms with Crippen LogP contribution in [0, 0.1) is 0 Å². The molecule has 11 heteroatoms. The number of benzene rings is 3. The molecular weight excluding hydrogens is 573 g/mol. The van der Waals surface area contributed by atoms with Gasteiger partial charge < -0.3 is 15.0 Å². The van der Waals surface area contributed by atoms with Gasteiger partial charge in [-0.05, 0) is 68.8 Å². The number of ether oxygens (including phenoxy) is 1. The van der Waals surface area contributed by atoms with Crippen molar-refractivity contribution in [2.45, 2.75) is 50.7 Å². The summed E-state index contributed by atoms with van der Waals surface area (Å²) in [5.74, 6) is -0.438. The molecule has 0 aliphatic heterocycles. The Bertz CT molecular complexity index is 1400. The van der Waals surface area contributed by atoms with Gasteiger partial charge in [-0.25, -0.2) is 8.42 Å². The maximum Gasteiger partial charge on any atom is 0.264 e. The Hall–Kier alpha value is -3.27. The van der Waals surface area contributed by atoms with Gasteiger partial charge in [0.05, 0.1) is 17.7 Å². The lowest BCUT2D eigenvalue weighted by Gasteiger charge is -2.34. The fraction of sp³-hybridized carbons (Fsp3) is 0.310. The number of nitrogens with one attached hydrogen (secondary N) is 1. The molecule has 0 aromatic heterocycles. The molecule has 0 bridgehead atoms. The number of amides is 2.